The number of methoxy groups -OCH3 is 1. The van der Waals surface area contributed by atoms with Crippen LogP contribution in [0.15, 0.2) is 47.4 Å². The fraction of sp³-hybridized carbons (Fsp3) is 0.278. The number of carbonyl (C=O) groups excluding carboxylic acids is 1. The van der Waals surface area contributed by atoms with Crippen LogP contribution in [0.5, 0.6) is 11.5 Å². The number of hydrogen-bond donors (Lipinski definition) is 0. The number of carboxylic acid groups (broad SMARTS) is 1. The van der Waals surface area contributed by atoms with Crippen LogP contribution in [0.2, 0.25) is 0 Å². The first-order valence-electron chi connectivity index (χ1n) is 7.89. The van der Waals surface area contributed by atoms with Crippen molar-refractivity contribution < 1.29 is 27.8 Å². The van der Waals surface area contributed by atoms with Crippen molar-refractivity contribution in [2.75, 3.05) is 24.6 Å². The van der Waals surface area contributed by atoms with Gasteiger partial charge in [0.2, 0.25) is 0 Å². The Morgan fingerprint density at radius 3 is 2.35 bits per heavy atom. The lowest BCUT2D eigenvalue weighted by molar-refractivity contribution is -0.303. The summed E-state index contributed by atoms with van der Waals surface area (Å²) in [5.74, 6) is -0.839. The molecule has 0 fully saturated rings. The number of nitrogens with zero attached hydrogens (tertiary/aromatic N) is 1. The molecule has 0 unspecified atom stereocenters. The van der Waals surface area contributed by atoms with Crippen LogP contribution in [0.4, 0.5) is 5.69 Å². The number of anilines is 1. The van der Waals surface area contributed by atoms with E-state index < -0.39 is 22.5 Å². The lowest BCUT2D eigenvalue weighted by Gasteiger charge is -2.26. The Kier molecular flexibility index (Phi) is 6.10. The first kappa shape index (κ1) is 19.6. The first-order chi connectivity index (χ1) is 12.3. The number of sulfonamides is 1. The van der Waals surface area contributed by atoms with E-state index in [9.17, 15) is 18.3 Å². The summed E-state index contributed by atoms with van der Waals surface area (Å²) in [6, 6.07) is 10.8. The maximum atomic E-state index is 13.1. The minimum Gasteiger partial charge on any atom is -0.548 e. The molecule has 140 valence electrons. The van der Waals surface area contributed by atoms with Gasteiger partial charge in [0.25, 0.3) is 10.0 Å². The molecular formula is C18H20NO6S-. The summed E-state index contributed by atoms with van der Waals surface area (Å²) in [7, 11) is -2.84. The van der Waals surface area contributed by atoms with Crippen molar-refractivity contribution in [3.05, 3.63) is 48.0 Å². The van der Waals surface area contributed by atoms with Crippen LogP contribution in [0.25, 0.3) is 0 Å². The van der Waals surface area contributed by atoms with Crippen LogP contribution in [0, 0.1) is 6.92 Å². The standard InChI is InChI=1S/C18H21NO6S/c1-4-25-15-8-6-14(7-9-15)19(12-18(20)21)26(22,23)17-11-13(2)5-10-16(17)24-3/h5-11H,4,12H2,1-3H3,(H,20,21)/p-1. The summed E-state index contributed by atoms with van der Waals surface area (Å²) >= 11 is 0. The highest BCUT2D eigenvalue weighted by atomic mass is 32.2. The summed E-state index contributed by atoms with van der Waals surface area (Å²) in [6.07, 6.45) is 0. The number of aryl methyl sites for hydroxylation is 1. The molecule has 26 heavy (non-hydrogen) atoms. The van der Waals surface area contributed by atoms with Crippen molar-refractivity contribution in [3.8, 4) is 11.5 Å². The zero-order valence-electron chi connectivity index (χ0n) is 14.8. The average Bonchev–Trinajstić information content (AvgIpc) is 2.60. The molecule has 0 amide bonds. The molecule has 7 nitrogen and oxygen atoms in total. The summed E-state index contributed by atoms with van der Waals surface area (Å²) in [4.78, 5) is 11.1. The predicted octanol–water partition coefficient (Wildman–Crippen LogP) is 1.35. The van der Waals surface area contributed by atoms with E-state index in [-0.39, 0.29) is 16.3 Å². The molecule has 0 spiro atoms. The smallest absolute Gasteiger partial charge is 0.268 e. The average molecular weight is 378 g/mol. The molecule has 0 N–H and O–H groups in total. The van der Waals surface area contributed by atoms with Crippen molar-refractivity contribution in [1.82, 2.24) is 0 Å². The second kappa shape index (κ2) is 8.09. The van der Waals surface area contributed by atoms with Crippen LogP contribution in [0.3, 0.4) is 0 Å². The predicted molar refractivity (Wildman–Crippen MR) is 94.9 cm³/mol. The van der Waals surface area contributed by atoms with Crippen LogP contribution in [-0.2, 0) is 14.8 Å². The van der Waals surface area contributed by atoms with Gasteiger partial charge in [-0.25, -0.2) is 8.42 Å². The van der Waals surface area contributed by atoms with E-state index in [1.54, 1.807) is 25.1 Å². The Bertz CT molecular complexity index is 877. The first-order valence-corrected chi connectivity index (χ1v) is 9.33. The Hall–Kier alpha value is -2.74. The quantitative estimate of drug-likeness (QED) is 0.688. The summed E-state index contributed by atoms with van der Waals surface area (Å²) in [5, 5.41) is 11.2. The van der Waals surface area contributed by atoms with Gasteiger partial charge in [-0.1, -0.05) is 6.07 Å². The maximum absolute atomic E-state index is 13.1. The molecule has 2 aromatic rings. The molecule has 0 radical (unpaired) electrons. The van der Waals surface area contributed by atoms with Crippen LogP contribution >= 0.6 is 0 Å². The third kappa shape index (κ3) is 4.26. The van der Waals surface area contributed by atoms with Gasteiger partial charge in [0, 0.05) is 0 Å². The van der Waals surface area contributed by atoms with Crippen LogP contribution < -0.4 is 18.9 Å². The van der Waals surface area contributed by atoms with Gasteiger partial charge >= 0.3 is 0 Å². The molecule has 0 aliphatic carbocycles. The molecule has 8 heteroatoms. The van der Waals surface area contributed by atoms with E-state index >= 15 is 0 Å². The highest BCUT2D eigenvalue weighted by Crippen LogP contribution is 2.31. The van der Waals surface area contributed by atoms with E-state index in [1.165, 1.54) is 31.4 Å². The second-order valence-electron chi connectivity index (χ2n) is 5.46. The molecule has 0 heterocycles. The van der Waals surface area contributed by atoms with E-state index in [4.69, 9.17) is 9.47 Å². The van der Waals surface area contributed by atoms with Gasteiger partial charge in [-0.3, -0.25) is 4.31 Å². The highest BCUT2D eigenvalue weighted by molar-refractivity contribution is 7.93. The topological polar surface area (TPSA) is 96.0 Å². The van der Waals surface area contributed by atoms with E-state index in [0.29, 0.717) is 17.9 Å². The second-order valence-corrected chi connectivity index (χ2v) is 7.30. The number of ether oxygens (including phenoxy) is 2. The lowest BCUT2D eigenvalue weighted by atomic mass is 10.2. The minimum absolute atomic E-state index is 0.116. The van der Waals surface area contributed by atoms with Crippen LogP contribution in [-0.4, -0.2) is 34.6 Å². The molecular weight excluding hydrogens is 358 g/mol. The molecule has 2 aromatic carbocycles. The van der Waals surface area contributed by atoms with Crippen LogP contribution in [0.1, 0.15) is 12.5 Å². The number of carboxylic acids is 1. The van der Waals surface area contributed by atoms with E-state index in [0.717, 1.165) is 4.31 Å². The van der Waals surface area contributed by atoms with Gasteiger partial charge in [-0.05, 0) is 55.8 Å². The maximum Gasteiger partial charge on any atom is 0.268 e. The third-order valence-electron chi connectivity index (χ3n) is 3.60. The van der Waals surface area contributed by atoms with Gasteiger partial charge in [0.1, 0.15) is 16.4 Å². The highest BCUT2D eigenvalue weighted by Gasteiger charge is 2.28. The zero-order valence-corrected chi connectivity index (χ0v) is 15.6. The Morgan fingerprint density at radius 1 is 1.15 bits per heavy atom. The van der Waals surface area contributed by atoms with Gasteiger partial charge in [-0.15, -0.1) is 0 Å². The summed E-state index contributed by atoms with van der Waals surface area (Å²) in [5.41, 5.74) is 0.880. The molecule has 0 aromatic heterocycles. The number of benzene rings is 2. The number of carbonyl (C=O) groups is 1. The molecule has 0 bridgehead atoms. The Balaban J connectivity index is 2.55. The number of rotatable bonds is 8. The van der Waals surface area contributed by atoms with Crippen molar-refractivity contribution in [2.45, 2.75) is 18.7 Å². The van der Waals surface area contributed by atoms with Gasteiger partial charge in [0.15, 0.2) is 0 Å². The fourth-order valence-corrected chi connectivity index (χ4v) is 4.06. The molecule has 0 saturated heterocycles. The molecule has 0 atom stereocenters. The summed E-state index contributed by atoms with van der Waals surface area (Å²) in [6.45, 7) is 3.19. The van der Waals surface area contributed by atoms with Gasteiger partial charge in [-0.2, -0.15) is 0 Å². The van der Waals surface area contributed by atoms with Crippen molar-refractivity contribution in [1.29, 1.82) is 0 Å². The minimum atomic E-state index is -4.19. The molecule has 0 aliphatic rings. The Morgan fingerprint density at radius 2 is 1.81 bits per heavy atom. The normalized spacial score (nSPS) is 11.0. The SMILES string of the molecule is CCOc1ccc(N(CC(=O)[O-])S(=O)(=O)c2cc(C)ccc2OC)cc1. The van der Waals surface area contributed by atoms with Crippen molar-refractivity contribution >= 4 is 21.7 Å². The lowest BCUT2D eigenvalue weighted by Crippen LogP contribution is -2.41. The zero-order chi connectivity index (χ0) is 19.3. The molecule has 2 rings (SSSR count). The van der Waals surface area contributed by atoms with E-state index in [2.05, 4.69) is 0 Å². The van der Waals surface area contributed by atoms with Gasteiger partial charge in [0.05, 0.1) is 31.9 Å². The molecule has 0 saturated carbocycles. The van der Waals surface area contributed by atoms with Crippen molar-refractivity contribution in [2.24, 2.45) is 0 Å². The monoisotopic (exact) mass is 378 g/mol. The largest absolute Gasteiger partial charge is 0.548 e. The number of aliphatic carboxylic acids is 1. The number of hydrogen-bond acceptors (Lipinski definition) is 6. The van der Waals surface area contributed by atoms with E-state index in [1.807, 2.05) is 6.92 Å². The summed E-state index contributed by atoms with van der Waals surface area (Å²) < 4.78 is 37.5. The van der Waals surface area contributed by atoms with Crippen molar-refractivity contribution in [3.63, 3.8) is 0 Å². The van der Waals surface area contributed by atoms with Gasteiger partial charge < -0.3 is 19.4 Å². The fourth-order valence-electron chi connectivity index (χ4n) is 2.41. The Labute approximate surface area is 152 Å². The third-order valence-corrected chi connectivity index (χ3v) is 5.39. The molecule has 0 aliphatic heterocycles.